The van der Waals surface area contributed by atoms with E-state index in [4.69, 9.17) is 10.5 Å². The van der Waals surface area contributed by atoms with Gasteiger partial charge in [0.15, 0.2) is 0 Å². The first-order valence-electron chi connectivity index (χ1n) is 13.1. The molecule has 2 aromatic carbocycles. The van der Waals surface area contributed by atoms with Gasteiger partial charge in [0.05, 0.1) is 12.6 Å². The fraction of sp³-hybridized carbons (Fsp3) is 0.533. The lowest BCUT2D eigenvalue weighted by molar-refractivity contribution is -0.124. The summed E-state index contributed by atoms with van der Waals surface area (Å²) in [7, 11) is 0. The van der Waals surface area contributed by atoms with Crippen molar-refractivity contribution in [3.05, 3.63) is 65.7 Å². The summed E-state index contributed by atoms with van der Waals surface area (Å²) in [5.74, 6) is 1.05. The summed E-state index contributed by atoms with van der Waals surface area (Å²) >= 11 is 0. The molecule has 1 amide bonds. The van der Waals surface area contributed by atoms with Crippen LogP contribution in [0.2, 0.25) is 0 Å². The number of ketones is 1. The average Bonchev–Trinajstić information content (AvgIpc) is 2.89. The SMILES string of the molecule is CCCC(C)COc1ccc([C@H](CNC(=O)[C@H](N)[C@H](C)CC)CC(=O)[C@@H](C)c2ccccc2)cc1. The van der Waals surface area contributed by atoms with E-state index in [-0.39, 0.29) is 29.4 Å². The molecule has 0 saturated carbocycles. The monoisotopic (exact) mass is 480 g/mol. The van der Waals surface area contributed by atoms with Gasteiger partial charge in [0.25, 0.3) is 0 Å². The second-order valence-electron chi connectivity index (χ2n) is 9.93. The van der Waals surface area contributed by atoms with Crippen LogP contribution < -0.4 is 15.8 Å². The Morgan fingerprint density at radius 1 is 0.943 bits per heavy atom. The Balaban J connectivity index is 2.13. The first-order chi connectivity index (χ1) is 16.8. The molecule has 5 heteroatoms. The topological polar surface area (TPSA) is 81.4 Å². The van der Waals surface area contributed by atoms with Crippen LogP contribution in [0.15, 0.2) is 54.6 Å². The number of amides is 1. The molecule has 0 aliphatic carbocycles. The van der Waals surface area contributed by atoms with Gasteiger partial charge in [-0.3, -0.25) is 9.59 Å². The number of hydrogen-bond donors (Lipinski definition) is 2. The van der Waals surface area contributed by atoms with Crippen LogP contribution in [-0.4, -0.2) is 30.9 Å². The molecule has 5 nitrogen and oxygen atoms in total. The fourth-order valence-electron chi connectivity index (χ4n) is 4.16. The zero-order valence-corrected chi connectivity index (χ0v) is 22.1. The molecule has 2 rings (SSSR count). The lowest BCUT2D eigenvalue weighted by Crippen LogP contribution is -2.45. The summed E-state index contributed by atoms with van der Waals surface area (Å²) < 4.78 is 5.95. The lowest BCUT2D eigenvalue weighted by Gasteiger charge is -2.23. The molecule has 0 fully saturated rings. The molecule has 0 aliphatic rings. The summed E-state index contributed by atoms with van der Waals surface area (Å²) in [6, 6.07) is 17.2. The van der Waals surface area contributed by atoms with E-state index < -0.39 is 6.04 Å². The predicted molar refractivity (Wildman–Crippen MR) is 144 cm³/mol. The number of nitrogens with one attached hydrogen (secondary N) is 1. The van der Waals surface area contributed by atoms with Crippen molar-refractivity contribution in [2.75, 3.05) is 13.2 Å². The van der Waals surface area contributed by atoms with E-state index in [2.05, 4.69) is 19.2 Å². The van der Waals surface area contributed by atoms with Crippen LogP contribution in [0, 0.1) is 11.8 Å². The Kier molecular flexibility index (Phi) is 12.0. The van der Waals surface area contributed by atoms with Crippen LogP contribution in [0.3, 0.4) is 0 Å². The first-order valence-corrected chi connectivity index (χ1v) is 13.1. The van der Waals surface area contributed by atoms with Crippen LogP contribution in [0.25, 0.3) is 0 Å². The quantitative estimate of drug-likeness (QED) is 0.336. The van der Waals surface area contributed by atoms with Gasteiger partial charge >= 0.3 is 0 Å². The Hall–Kier alpha value is -2.66. The van der Waals surface area contributed by atoms with Gasteiger partial charge in [0.1, 0.15) is 11.5 Å². The standard InChI is InChI=1S/C30H44N2O3/c1-6-11-21(3)20-35-27-16-14-25(15-17-27)26(19-32-30(34)29(31)22(4)7-2)18-28(33)23(5)24-12-9-8-10-13-24/h8-10,12-17,21-23,26,29H,6-7,11,18-20,31H2,1-5H3,(H,32,34)/t21?,22-,23+,26+,29-/m1/s1. The van der Waals surface area contributed by atoms with Gasteiger partial charge in [-0.25, -0.2) is 0 Å². The number of rotatable bonds is 15. The molecule has 0 spiro atoms. The minimum Gasteiger partial charge on any atom is -0.493 e. The molecule has 3 N–H and O–H groups in total. The van der Waals surface area contributed by atoms with E-state index in [1.54, 1.807) is 0 Å². The van der Waals surface area contributed by atoms with Gasteiger partial charge < -0.3 is 15.8 Å². The van der Waals surface area contributed by atoms with E-state index in [0.29, 0.717) is 25.5 Å². The molecule has 2 aromatic rings. The Morgan fingerprint density at radius 3 is 2.20 bits per heavy atom. The van der Waals surface area contributed by atoms with Gasteiger partial charge in [0, 0.05) is 24.8 Å². The highest BCUT2D eigenvalue weighted by Gasteiger charge is 2.24. The van der Waals surface area contributed by atoms with Gasteiger partial charge in [-0.15, -0.1) is 0 Å². The van der Waals surface area contributed by atoms with Crippen LogP contribution in [0.5, 0.6) is 5.75 Å². The van der Waals surface area contributed by atoms with E-state index in [1.807, 2.05) is 75.4 Å². The van der Waals surface area contributed by atoms with Crippen molar-refractivity contribution in [1.29, 1.82) is 0 Å². The Labute approximate surface area is 211 Å². The van der Waals surface area contributed by atoms with Crippen molar-refractivity contribution in [1.82, 2.24) is 5.32 Å². The second-order valence-corrected chi connectivity index (χ2v) is 9.93. The third kappa shape index (κ3) is 9.14. The summed E-state index contributed by atoms with van der Waals surface area (Å²) in [5, 5.41) is 3.00. The van der Waals surface area contributed by atoms with Gasteiger partial charge in [-0.1, -0.05) is 89.9 Å². The Morgan fingerprint density at radius 2 is 1.60 bits per heavy atom. The number of benzene rings is 2. The van der Waals surface area contributed by atoms with Gasteiger partial charge in [0.2, 0.25) is 5.91 Å². The smallest absolute Gasteiger partial charge is 0.237 e. The number of ether oxygens (including phenoxy) is 1. The third-order valence-corrected chi connectivity index (χ3v) is 6.98. The third-order valence-electron chi connectivity index (χ3n) is 6.98. The van der Waals surface area contributed by atoms with E-state index >= 15 is 0 Å². The summed E-state index contributed by atoms with van der Waals surface area (Å²) in [6.45, 7) is 11.4. The summed E-state index contributed by atoms with van der Waals surface area (Å²) in [5.41, 5.74) is 8.13. The zero-order chi connectivity index (χ0) is 25.8. The fourth-order valence-corrected chi connectivity index (χ4v) is 4.16. The second kappa shape index (κ2) is 14.7. The molecule has 5 atom stereocenters. The maximum Gasteiger partial charge on any atom is 0.237 e. The van der Waals surface area contributed by atoms with Crippen molar-refractivity contribution < 1.29 is 14.3 Å². The molecular weight excluding hydrogens is 436 g/mol. The molecule has 0 radical (unpaired) electrons. The molecule has 0 heterocycles. The van der Waals surface area contributed by atoms with Crippen LogP contribution in [0.1, 0.15) is 83.3 Å². The normalized spacial score (nSPS) is 15.5. The number of carbonyl (C=O) groups is 2. The number of carbonyl (C=O) groups excluding carboxylic acids is 2. The highest BCUT2D eigenvalue weighted by Crippen LogP contribution is 2.27. The number of Topliss-reactive ketones (excluding diaryl/α,β-unsaturated/α-hetero) is 1. The molecule has 192 valence electrons. The molecule has 0 aliphatic heterocycles. The minimum atomic E-state index is -0.555. The number of hydrogen-bond acceptors (Lipinski definition) is 4. The molecule has 35 heavy (non-hydrogen) atoms. The largest absolute Gasteiger partial charge is 0.493 e. The minimum absolute atomic E-state index is 0.0970. The maximum atomic E-state index is 13.2. The van der Waals surface area contributed by atoms with Crippen LogP contribution in [-0.2, 0) is 9.59 Å². The predicted octanol–water partition coefficient (Wildman–Crippen LogP) is 5.84. The van der Waals surface area contributed by atoms with E-state index in [1.165, 1.54) is 0 Å². The molecule has 0 aromatic heterocycles. The highest BCUT2D eigenvalue weighted by atomic mass is 16.5. The van der Waals surface area contributed by atoms with E-state index in [0.717, 1.165) is 36.1 Å². The van der Waals surface area contributed by atoms with Gasteiger partial charge in [-0.05, 0) is 41.5 Å². The van der Waals surface area contributed by atoms with Crippen molar-refractivity contribution in [2.45, 2.75) is 78.2 Å². The summed E-state index contributed by atoms with van der Waals surface area (Å²) in [4.78, 5) is 25.8. The average molecular weight is 481 g/mol. The molecule has 0 saturated heterocycles. The number of nitrogens with two attached hydrogens (primary N) is 1. The van der Waals surface area contributed by atoms with E-state index in [9.17, 15) is 9.59 Å². The van der Waals surface area contributed by atoms with Crippen molar-refractivity contribution in [3.8, 4) is 5.75 Å². The highest BCUT2D eigenvalue weighted by molar-refractivity contribution is 5.86. The van der Waals surface area contributed by atoms with Crippen molar-refractivity contribution >= 4 is 11.7 Å². The maximum absolute atomic E-state index is 13.2. The van der Waals surface area contributed by atoms with Crippen molar-refractivity contribution in [3.63, 3.8) is 0 Å². The lowest BCUT2D eigenvalue weighted by atomic mass is 9.87. The zero-order valence-electron chi connectivity index (χ0n) is 22.1. The van der Waals surface area contributed by atoms with Crippen LogP contribution >= 0.6 is 0 Å². The van der Waals surface area contributed by atoms with Gasteiger partial charge in [-0.2, -0.15) is 0 Å². The first kappa shape index (κ1) is 28.6. The summed E-state index contributed by atoms with van der Waals surface area (Å²) in [6.07, 6.45) is 3.46. The van der Waals surface area contributed by atoms with Crippen LogP contribution in [0.4, 0.5) is 0 Å². The van der Waals surface area contributed by atoms with Crippen molar-refractivity contribution in [2.24, 2.45) is 17.6 Å². The molecule has 1 unspecified atom stereocenters. The molecule has 0 bridgehead atoms. The molecular formula is C30H44N2O3. The Bertz CT molecular complexity index is 898.